The van der Waals surface area contributed by atoms with Gasteiger partial charge in [-0.15, -0.1) is 0 Å². The average molecular weight is 321 g/mol. The summed E-state index contributed by atoms with van der Waals surface area (Å²) < 4.78 is 16.2. The van der Waals surface area contributed by atoms with Crippen LogP contribution in [0.4, 0.5) is 11.6 Å². The van der Waals surface area contributed by atoms with E-state index in [1.807, 2.05) is 18.2 Å². The van der Waals surface area contributed by atoms with Gasteiger partial charge in [-0.25, -0.2) is 0 Å². The second kappa shape index (κ2) is 6.85. The highest BCUT2D eigenvalue weighted by Crippen LogP contribution is 2.28. The van der Waals surface area contributed by atoms with Crippen molar-refractivity contribution in [1.82, 2.24) is 0 Å². The monoisotopic (exact) mass is 320 g/mol. The molecule has 22 heavy (non-hydrogen) atoms. The standard InChI is InChI=1S/C16H17ClN2O3/c1-20-15-4-2-12(10-14(15)17)18-11-13-3-5-16(22-13)19-6-8-21-9-7-19/h2-5,10-11H,6-9H2,1H3. The van der Waals surface area contributed by atoms with Crippen molar-refractivity contribution in [2.24, 2.45) is 4.99 Å². The van der Waals surface area contributed by atoms with Crippen LogP contribution in [0.15, 0.2) is 39.7 Å². The SMILES string of the molecule is COc1ccc(N=Cc2ccc(N3CCOCC3)o2)cc1Cl. The van der Waals surface area contributed by atoms with Gasteiger partial charge in [0.1, 0.15) is 11.5 Å². The summed E-state index contributed by atoms with van der Waals surface area (Å²) in [6.07, 6.45) is 1.68. The Morgan fingerprint density at radius 1 is 1.23 bits per heavy atom. The van der Waals surface area contributed by atoms with Crippen molar-refractivity contribution in [1.29, 1.82) is 0 Å². The summed E-state index contributed by atoms with van der Waals surface area (Å²) in [6, 6.07) is 9.24. The maximum atomic E-state index is 6.08. The number of benzene rings is 1. The van der Waals surface area contributed by atoms with Crippen molar-refractivity contribution < 1.29 is 13.9 Å². The largest absolute Gasteiger partial charge is 0.495 e. The van der Waals surface area contributed by atoms with E-state index in [0.29, 0.717) is 16.5 Å². The molecular weight excluding hydrogens is 304 g/mol. The van der Waals surface area contributed by atoms with Gasteiger partial charge in [-0.1, -0.05) is 11.6 Å². The number of hydrogen-bond donors (Lipinski definition) is 0. The van der Waals surface area contributed by atoms with Crippen LogP contribution in [0, 0.1) is 0 Å². The van der Waals surface area contributed by atoms with E-state index in [-0.39, 0.29) is 0 Å². The van der Waals surface area contributed by atoms with E-state index in [9.17, 15) is 0 Å². The molecule has 1 aliphatic heterocycles. The van der Waals surface area contributed by atoms with Crippen molar-refractivity contribution in [2.75, 3.05) is 38.3 Å². The molecule has 6 heteroatoms. The molecule has 0 unspecified atom stereocenters. The molecule has 1 aromatic carbocycles. The maximum Gasteiger partial charge on any atom is 0.196 e. The Hall–Kier alpha value is -1.98. The van der Waals surface area contributed by atoms with Gasteiger partial charge in [0.25, 0.3) is 0 Å². The molecule has 0 amide bonds. The molecule has 1 aliphatic rings. The average Bonchev–Trinajstić information content (AvgIpc) is 3.03. The number of nitrogens with zero attached hydrogens (tertiary/aromatic N) is 2. The molecule has 5 nitrogen and oxygen atoms in total. The van der Waals surface area contributed by atoms with E-state index in [1.165, 1.54) is 0 Å². The zero-order valence-corrected chi connectivity index (χ0v) is 13.0. The molecule has 2 heterocycles. The number of halogens is 1. The third-order valence-electron chi connectivity index (χ3n) is 3.41. The van der Waals surface area contributed by atoms with Gasteiger partial charge in [0.2, 0.25) is 0 Å². The van der Waals surface area contributed by atoms with Gasteiger partial charge in [0.05, 0.1) is 37.2 Å². The van der Waals surface area contributed by atoms with Crippen molar-refractivity contribution >= 4 is 29.4 Å². The fourth-order valence-corrected chi connectivity index (χ4v) is 2.49. The summed E-state index contributed by atoms with van der Waals surface area (Å²) in [4.78, 5) is 6.53. The predicted molar refractivity (Wildman–Crippen MR) is 87.0 cm³/mol. The van der Waals surface area contributed by atoms with Gasteiger partial charge in [-0.3, -0.25) is 4.99 Å². The fraction of sp³-hybridized carbons (Fsp3) is 0.312. The van der Waals surface area contributed by atoms with Crippen LogP contribution in [0.2, 0.25) is 5.02 Å². The normalized spacial score (nSPS) is 15.5. The number of anilines is 1. The van der Waals surface area contributed by atoms with Crippen molar-refractivity contribution in [3.8, 4) is 5.75 Å². The molecule has 3 rings (SSSR count). The smallest absolute Gasteiger partial charge is 0.196 e. The second-order valence-electron chi connectivity index (χ2n) is 4.85. The quantitative estimate of drug-likeness (QED) is 0.809. The Bertz CT molecular complexity index is 663. The van der Waals surface area contributed by atoms with Crippen LogP contribution in [-0.4, -0.2) is 39.6 Å². The first-order valence-corrected chi connectivity index (χ1v) is 7.44. The first kappa shape index (κ1) is 14.9. The summed E-state index contributed by atoms with van der Waals surface area (Å²) in [6.45, 7) is 3.15. The van der Waals surface area contributed by atoms with Crippen LogP contribution in [0.5, 0.6) is 5.75 Å². The Morgan fingerprint density at radius 3 is 2.77 bits per heavy atom. The van der Waals surface area contributed by atoms with Crippen LogP contribution in [0.1, 0.15) is 5.76 Å². The Kier molecular flexibility index (Phi) is 4.65. The van der Waals surface area contributed by atoms with Crippen LogP contribution >= 0.6 is 11.6 Å². The number of hydrogen-bond acceptors (Lipinski definition) is 5. The lowest BCUT2D eigenvalue weighted by Gasteiger charge is -2.26. The van der Waals surface area contributed by atoms with Crippen LogP contribution < -0.4 is 9.64 Å². The third kappa shape index (κ3) is 3.43. The molecule has 0 N–H and O–H groups in total. The molecular formula is C16H17ClN2O3. The molecule has 1 saturated heterocycles. The van der Waals surface area contributed by atoms with Crippen molar-refractivity contribution in [3.63, 3.8) is 0 Å². The molecule has 0 aliphatic carbocycles. The fourth-order valence-electron chi connectivity index (χ4n) is 2.24. The van der Waals surface area contributed by atoms with E-state index in [0.717, 1.165) is 37.9 Å². The molecule has 116 valence electrons. The van der Waals surface area contributed by atoms with Crippen LogP contribution in [0.3, 0.4) is 0 Å². The molecule has 0 bridgehead atoms. The summed E-state index contributed by atoms with van der Waals surface area (Å²) in [7, 11) is 1.58. The summed E-state index contributed by atoms with van der Waals surface area (Å²) in [5.41, 5.74) is 0.745. The maximum absolute atomic E-state index is 6.08. The van der Waals surface area contributed by atoms with Gasteiger partial charge < -0.3 is 18.8 Å². The number of furan rings is 1. The van der Waals surface area contributed by atoms with Gasteiger partial charge >= 0.3 is 0 Å². The Labute approximate surface area is 134 Å². The van der Waals surface area contributed by atoms with Crippen molar-refractivity contribution in [2.45, 2.75) is 0 Å². The minimum Gasteiger partial charge on any atom is -0.495 e. The summed E-state index contributed by atoms with van der Waals surface area (Å²) in [5.74, 6) is 2.18. The molecule has 0 atom stereocenters. The summed E-state index contributed by atoms with van der Waals surface area (Å²) >= 11 is 6.08. The Balaban J connectivity index is 1.70. The lowest BCUT2D eigenvalue weighted by atomic mass is 10.3. The first-order chi connectivity index (χ1) is 10.8. The predicted octanol–water partition coefficient (Wildman–Crippen LogP) is 3.53. The number of aliphatic imine (C=N–C) groups is 1. The lowest BCUT2D eigenvalue weighted by molar-refractivity contribution is 0.120. The van der Waals surface area contributed by atoms with Gasteiger partial charge in [0, 0.05) is 19.2 Å². The number of methoxy groups -OCH3 is 1. The highest BCUT2D eigenvalue weighted by atomic mass is 35.5. The summed E-state index contributed by atoms with van der Waals surface area (Å²) in [5, 5.41) is 0.533. The lowest BCUT2D eigenvalue weighted by Crippen LogP contribution is -2.35. The Morgan fingerprint density at radius 2 is 2.05 bits per heavy atom. The highest BCUT2D eigenvalue weighted by molar-refractivity contribution is 6.32. The molecule has 1 fully saturated rings. The molecule has 0 radical (unpaired) electrons. The third-order valence-corrected chi connectivity index (χ3v) is 3.71. The van der Waals surface area contributed by atoms with E-state index < -0.39 is 0 Å². The molecule has 1 aromatic heterocycles. The molecule has 0 spiro atoms. The van der Waals surface area contributed by atoms with Gasteiger partial charge in [-0.05, 0) is 24.3 Å². The first-order valence-electron chi connectivity index (χ1n) is 7.06. The van der Waals surface area contributed by atoms with Gasteiger partial charge in [0.15, 0.2) is 5.88 Å². The minimum atomic E-state index is 0.533. The zero-order valence-electron chi connectivity index (χ0n) is 12.3. The zero-order chi connectivity index (χ0) is 15.4. The van der Waals surface area contributed by atoms with Crippen LogP contribution in [0.25, 0.3) is 0 Å². The van der Waals surface area contributed by atoms with E-state index in [2.05, 4.69) is 9.89 Å². The van der Waals surface area contributed by atoms with E-state index in [1.54, 1.807) is 25.5 Å². The van der Waals surface area contributed by atoms with E-state index >= 15 is 0 Å². The second-order valence-corrected chi connectivity index (χ2v) is 5.26. The number of rotatable bonds is 4. The number of ether oxygens (including phenoxy) is 2. The van der Waals surface area contributed by atoms with E-state index in [4.69, 9.17) is 25.5 Å². The minimum absolute atomic E-state index is 0.533. The van der Waals surface area contributed by atoms with Crippen LogP contribution in [-0.2, 0) is 4.74 Å². The van der Waals surface area contributed by atoms with Crippen molar-refractivity contribution in [3.05, 3.63) is 41.1 Å². The topological polar surface area (TPSA) is 47.2 Å². The number of morpholine rings is 1. The van der Waals surface area contributed by atoms with Gasteiger partial charge in [-0.2, -0.15) is 0 Å². The molecule has 2 aromatic rings. The molecule has 0 saturated carbocycles. The highest BCUT2D eigenvalue weighted by Gasteiger charge is 2.14.